The molecule has 0 fully saturated rings. The summed E-state index contributed by atoms with van der Waals surface area (Å²) >= 11 is 1.52. The Morgan fingerprint density at radius 1 is 1.29 bits per heavy atom. The van der Waals surface area contributed by atoms with Gasteiger partial charge < -0.3 is 9.42 Å². The first-order chi connectivity index (χ1) is 13.3. The van der Waals surface area contributed by atoms with Gasteiger partial charge in [0.15, 0.2) is 0 Å². The highest BCUT2D eigenvalue weighted by Crippen LogP contribution is 2.23. The maximum absolute atomic E-state index is 12.5. The molecule has 2 aromatic heterocycles. The molecule has 1 amide bonds. The Morgan fingerprint density at radius 3 is 2.61 bits per heavy atom. The van der Waals surface area contributed by atoms with Crippen LogP contribution in [0.3, 0.4) is 0 Å². The molecule has 0 aliphatic rings. The monoisotopic (exact) mass is 420 g/mol. The number of hydrogen-bond acceptors (Lipinski definition) is 7. The van der Waals surface area contributed by atoms with E-state index in [1.54, 1.807) is 24.1 Å². The van der Waals surface area contributed by atoms with Gasteiger partial charge in [-0.3, -0.25) is 4.79 Å². The van der Waals surface area contributed by atoms with Gasteiger partial charge in [-0.15, -0.1) is 11.3 Å². The van der Waals surface area contributed by atoms with E-state index in [0.717, 1.165) is 10.4 Å². The summed E-state index contributed by atoms with van der Waals surface area (Å²) in [6, 6.07) is 9.76. The van der Waals surface area contributed by atoms with Crippen molar-refractivity contribution in [3.8, 4) is 10.7 Å². The number of carbonyl (C=O) groups is 1. The van der Waals surface area contributed by atoms with E-state index in [1.807, 2.05) is 24.4 Å². The molecule has 10 heteroatoms. The first kappa shape index (κ1) is 20.2. The first-order valence-corrected chi connectivity index (χ1v) is 10.9. The molecule has 8 nitrogen and oxygen atoms in total. The van der Waals surface area contributed by atoms with Gasteiger partial charge in [0, 0.05) is 19.9 Å². The Morgan fingerprint density at radius 2 is 2.00 bits per heavy atom. The van der Waals surface area contributed by atoms with Crippen molar-refractivity contribution in [2.45, 2.75) is 30.7 Å². The quantitative estimate of drug-likeness (QED) is 0.627. The van der Waals surface area contributed by atoms with Crippen LogP contribution in [0.4, 0.5) is 0 Å². The summed E-state index contributed by atoms with van der Waals surface area (Å²) in [5, 5.41) is 11.0. The highest BCUT2D eigenvalue weighted by atomic mass is 32.2. The number of aryl methyl sites for hydroxylation is 1. The van der Waals surface area contributed by atoms with Gasteiger partial charge in [0.05, 0.1) is 15.8 Å². The second kappa shape index (κ2) is 8.21. The zero-order chi connectivity index (χ0) is 20.3. The van der Waals surface area contributed by atoms with Crippen LogP contribution >= 0.6 is 11.3 Å². The number of aromatic nitrogens is 2. The number of benzene rings is 1. The summed E-state index contributed by atoms with van der Waals surface area (Å²) in [6.07, 6.45) is 0.570. The van der Waals surface area contributed by atoms with Gasteiger partial charge in [0.25, 0.3) is 0 Å². The van der Waals surface area contributed by atoms with E-state index in [9.17, 15) is 13.2 Å². The maximum atomic E-state index is 12.5. The zero-order valence-electron chi connectivity index (χ0n) is 15.4. The highest BCUT2D eigenvalue weighted by molar-refractivity contribution is 7.89. The lowest BCUT2D eigenvalue weighted by molar-refractivity contribution is -0.131. The molecule has 1 atom stereocenters. The Kier molecular flexibility index (Phi) is 5.92. The van der Waals surface area contributed by atoms with E-state index >= 15 is 0 Å². The van der Waals surface area contributed by atoms with Crippen LogP contribution in [0.2, 0.25) is 0 Å². The smallest absolute Gasteiger partial charge is 0.238 e. The van der Waals surface area contributed by atoms with Crippen molar-refractivity contribution in [1.82, 2.24) is 15.0 Å². The van der Waals surface area contributed by atoms with Crippen molar-refractivity contribution in [3.63, 3.8) is 0 Å². The second-order valence-electron chi connectivity index (χ2n) is 6.28. The molecule has 28 heavy (non-hydrogen) atoms. The molecule has 148 valence electrons. The fourth-order valence-corrected chi connectivity index (χ4v) is 3.79. The minimum atomic E-state index is -3.74. The number of primary sulfonamides is 1. The predicted molar refractivity (Wildman–Crippen MR) is 105 cm³/mol. The number of nitrogens with zero attached hydrogens (tertiary/aromatic N) is 3. The third-order valence-corrected chi connectivity index (χ3v) is 6.22. The molecular formula is C18H20N4O4S2. The fourth-order valence-electron chi connectivity index (χ4n) is 2.63. The summed E-state index contributed by atoms with van der Waals surface area (Å²) in [7, 11) is -2.04. The fraction of sp³-hybridized carbons (Fsp3) is 0.278. The Balaban J connectivity index is 1.59. The van der Waals surface area contributed by atoms with Crippen molar-refractivity contribution in [2.24, 2.45) is 5.14 Å². The molecule has 0 bridgehead atoms. The molecule has 0 saturated heterocycles. The number of carbonyl (C=O) groups excluding carboxylic acids is 1. The number of amides is 1. The van der Waals surface area contributed by atoms with Gasteiger partial charge in [-0.1, -0.05) is 23.4 Å². The third kappa shape index (κ3) is 4.64. The van der Waals surface area contributed by atoms with Crippen LogP contribution in [-0.2, 0) is 21.2 Å². The molecule has 0 spiro atoms. The number of thiophene rings is 1. The molecule has 1 unspecified atom stereocenters. The van der Waals surface area contributed by atoms with Crippen molar-refractivity contribution in [1.29, 1.82) is 0 Å². The van der Waals surface area contributed by atoms with E-state index in [4.69, 9.17) is 9.66 Å². The van der Waals surface area contributed by atoms with Crippen molar-refractivity contribution in [3.05, 3.63) is 53.2 Å². The van der Waals surface area contributed by atoms with Crippen LogP contribution in [0.15, 0.2) is 51.2 Å². The van der Waals surface area contributed by atoms with E-state index in [0.29, 0.717) is 18.1 Å². The number of sulfonamides is 1. The molecular weight excluding hydrogens is 400 g/mol. The van der Waals surface area contributed by atoms with Gasteiger partial charge >= 0.3 is 0 Å². The largest absolute Gasteiger partial charge is 0.339 e. The van der Waals surface area contributed by atoms with Crippen molar-refractivity contribution in [2.75, 3.05) is 7.05 Å². The maximum Gasteiger partial charge on any atom is 0.238 e. The molecule has 2 N–H and O–H groups in total. The van der Waals surface area contributed by atoms with Crippen LogP contribution in [0.1, 0.15) is 30.8 Å². The average Bonchev–Trinajstić information content (AvgIpc) is 3.35. The highest BCUT2D eigenvalue weighted by Gasteiger charge is 2.19. The van der Waals surface area contributed by atoms with Crippen molar-refractivity contribution < 1.29 is 17.7 Å². The van der Waals surface area contributed by atoms with Crippen molar-refractivity contribution >= 4 is 27.3 Å². The summed E-state index contributed by atoms with van der Waals surface area (Å²) < 4.78 is 27.9. The molecule has 0 saturated carbocycles. The van der Waals surface area contributed by atoms with E-state index in [2.05, 4.69) is 10.1 Å². The number of nitrogens with two attached hydrogens (primary N) is 1. The first-order valence-electron chi connectivity index (χ1n) is 8.50. The topological polar surface area (TPSA) is 119 Å². The van der Waals surface area contributed by atoms with Gasteiger partial charge in [0.2, 0.25) is 27.6 Å². The summed E-state index contributed by atoms with van der Waals surface area (Å²) in [5.41, 5.74) is 0.807. The van der Waals surface area contributed by atoms with Crippen LogP contribution < -0.4 is 5.14 Å². The van der Waals surface area contributed by atoms with E-state index in [-0.39, 0.29) is 23.3 Å². The van der Waals surface area contributed by atoms with Crippen LogP contribution in [0.25, 0.3) is 10.7 Å². The van der Waals surface area contributed by atoms with E-state index in [1.165, 1.54) is 23.5 Å². The lowest BCUT2D eigenvalue weighted by Gasteiger charge is -2.25. The van der Waals surface area contributed by atoms with Crippen LogP contribution in [0.5, 0.6) is 0 Å². The number of rotatable bonds is 7. The van der Waals surface area contributed by atoms with E-state index < -0.39 is 10.0 Å². The standard InChI is InChI=1S/C18H20N4O4S2/c1-12(13-5-7-14(8-6-13)28(19,24)25)22(2)17(23)10-9-16-20-18(21-26-16)15-4-3-11-27-15/h3-8,11-12H,9-10H2,1-2H3,(H2,19,24,25). The summed E-state index contributed by atoms with van der Waals surface area (Å²) in [6.45, 7) is 1.87. The summed E-state index contributed by atoms with van der Waals surface area (Å²) in [4.78, 5) is 19.4. The minimum Gasteiger partial charge on any atom is -0.339 e. The minimum absolute atomic E-state index is 0.0374. The summed E-state index contributed by atoms with van der Waals surface area (Å²) in [5.74, 6) is 0.850. The van der Waals surface area contributed by atoms with Gasteiger partial charge in [-0.05, 0) is 36.1 Å². The Hall–Kier alpha value is -2.56. The third-order valence-electron chi connectivity index (χ3n) is 4.43. The Labute approximate surface area is 167 Å². The Bertz CT molecular complexity index is 1040. The van der Waals surface area contributed by atoms with Crippen LogP contribution in [-0.4, -0.2) is 36.4 Å². The van der Waals surface area contributed by atoms with Gasteiger partial charge in [0.1, 0.15) is 0 Å². The number of hydrogen-bond donors (Lipinski definition) is 1. The SMILES string of the molecule is CC(c1ccc(S(N)(=O)=O)cc1)N(C)C(=O)CCc1nc(-c2cccs2)no1. The molecule has 0 aliphatic carbocycles. The normalized spacial score (nSPS) is 12.7. The molecule has 3 aromatic rings. The predicted octanol–water partition coefficient (Wildman–Crippen LogP) is 2.60. The molecule has 3 rings (SSSR count). The molecule has 1 aromatic carbocycles. The molecule has 0 aliphatic heterocycles. The van der Waals surface area contributed by atoms with Gasteiger partial charge in [-0.2, -0.15) is 4.98 Å². The van der Waals surface area contributed by atoms with Gasteiger partial charge in [-0.25, -0.2) is 13.6 Å². The second-order valence-corrected chi connectivity index (χ2v) is 8.79. The average molecular weight is 421 g/mol. The molecule has 2 heterocycles. The molecule has 0 radical (unpaired) electrons. The van der Waals surface area contributed by atoms with Crippen LogP contribution in [0, 0.1) is 0 Å². The lowest BCUT2D eigenvalue weighted by atomic mass is 10.1. The zero-order valence-corrected chi connectivity index (χ0v) is 17.0. The lowest BCUT2D eigenvalue weighted by Crippen LogP contribution is -2.29.